The number of ether oxygens (including phenoxy) is 2. The predicted octanol–water partition coefficient (Wildman–Crippen LogP) is 5.54. The zero-order valence-electron chi connectivity index (χ0n) is 24.1. The zero-order chi connectivity index (χ0) is 28.0. The Morgan fingerprint density at radius 3 is 2.37 bits per heavy atom. The van der Waals surface area contributed by atoms with Crippen LogP contribution in [0, 0.1) is 46.3 Å². The molecule has 0 aliphatic heterocycles. The molecule has 0 spiro atoms. The van der Waals surface area contributed by atoms with Gasteiger partial charge in [-0.25, -0.2) is 0 Å². The van der Waals surface area contributed by atoms with Crippen LogP contribution in [0.4, 0.5) is 0 Å². The number of aliphatic hydroxyl groups excluding tert-OH is 2. The largest absolute Gasteiger partial charge is 0.504 e. The first-order valence-corrected chi connectivity index (χ1v) is 14.8. The van der Waals surface area contributed by atoms with E-state index in [0.29, 0.717) is 24.7 Å². The van der Waals surface area contributed by atoms with Gasteiger partial charge in [-0.1, -0.05) is 27.7 Å². The number of esters is 2. The highest BCUT2D eigenvalue weighted by atomic mass is 16.5. The highest BCUT2D eigenvalue weighted by Crippen LogP contribution is 2.68. The van der Waals surface area contributed by atoms with Gasteiger partial charge >= 0.3 is 11.9 Å². The third-order valence-corrected chi connectivity index (χ3v) is 11.0. The lowest BCUT2D eigenvalue weighted by Crippen LogP contribution is -2.54. The van der Waals surface area contributed by atoms with E-state index in [1.54, 1.807) is 0 Å². The predicted molar refractivity (Wildman–Crippen MR) is 143 cm³/mol. The van der Waals surface area contributed by atoms with E-state index in [1.165, 1.54) is 13.8 Å². The van der Waals surface area contributed by atoms with Crippen molar-refractivity contribution in [3.05, 3.63) is 11.3 Å². The maximum atomic E-state index is 12.5. The molecular formula is C31H48O7. The Morgan fingerprint density at radius 1 is 1.03 bits per heavy atom. The van der Waals surface area contributed by atoms with Crippen LogP contribution < -0.4 is 0 Å². The van der Waals surface area contributed by atoms with Gasteiger partial charge in [0, 0.05) is 31.6 Å². The van der Waals surface area contributed by atoms with Crippen molar-refractivity contribution < 1.29 is 34.1 Å². The minimum absolute atomic E-state index is 0.00458. The molecule has 4 aliphatic rings. The molecule has 9 unspecified atom stereocenters. The van der Waals surface area contributed by atoms with Crippen LogP contribution in [0.15, 0.2) is 11.3 Å². The third kappa shape index (κ3) is 5.04. The summed E-state index contributed by atoms with van der Waals surface area (Å²) in [4.78, 5) is 36.5. The number of ketones is 1. The topological polar surface area (TPSA) is 110 Å². The normalized spacial score (nSPS) is 38.2. The van der Waals surface area contributed by atoms with Gasteiger partial charge < -0.3 is 19.7 Å². The van der Waals surface area contributed by atoms with Crippen molar-refractivity contribution >= 4 is 17.7 Å². The van der Waals surface area contributed by atoms with Crippen molar-refractivity contribution in [3.63, 3.8) is 0 Å². The fourth-order valence-corrected chi connectivity index (χ4v) is 9.28. The van der Waals surface area contributed by atoms with E-state index in [1.807, 2.05) is 0 Å². The molecule has 7 nitrogen and oxygen atoms in total. The van der Waals surface area contributed by atoms with E-state index < -0.39 is 11.5 Å². The van der Waals surface area contributed by atoms with Crippen molar-refractivity contribution in [1.29, 1.82) is 0 Å². The van der Waals surface area contributed by atoms with Crippen molar-refractivity contribution in [1.82, 2.24) is 0 Å². The van der Waals surface area contributed by atoms with E-state index in [0.717, 1.165) is 44.1 Å². The Bertz CT molecular complexity index is 969. The second kappa shape index (κ2) is 10.9. The van der Waals surface area contributed by atoms with Gasteiger partial charge in [-0.05, 0) is 91.9 Å². The van der Waals surface area contributed by atoms with E-state index >= 15 is 0 Å². The quantitative estimate of drug-likeness (QED) is 0.395. The average Bonchev–Trinajstić information content (AvgIpc) is 3.14. The Balaban J connectivity index is 1.68. The van der Waals surface area contributed by atoms with Gasteiger partial charge in [-0.3, -0.25) is 14.4 Å². The van der Waals surface area contributed by atoms with Crippen molar-refractivity contribution in [3.8, 4) is 0 Å². The summed E-state index contributed by atoms with van der Waals surface area (Å²) in [5, 5.41) is 22.1. The molecule has 4 rings (SSSR count). The molecule has 0 aromatic rings. The van der Waals surface area contributed by atoms with Gasteiger partial charge in [0.05, 0.1) is 6.10 Å². The molecule has 214 valence electrons. The lowest BCUT2D eigenvalue weighted by atomic mass is 9.46. The van der Waals surface area contributed by atoms with Crippen LogP contribution in [0.2, 0.25) is 0 Å². The molecule has 3 saturated carbocycles. The van der Waals surface area contributed by atoms with Gasteiger partial charge in [0.25, 0.3) is 0 Å². The molecule has 0 saturated heterocycles. The van der Waals surface area contributed by atoms with E-state index in [-0.39, 0.29) is 71.7 Å². The molecule has 0 aromatic heterocycles. The summed E-state index contributed by atoms with van der Waals surface area (Å²) in [5.74, 6) is 0.380. The van der Waals surface area contributed by atoms with Crippen LogP contribution in [0.5, 0.6) is 0 Å². The van der Waals surface area contributed by atoms with E-state index in [9.17, 15) is 24.6 Å². The number of fused-ring (bicyclic) bond motifs is 5. The summed E-state index contributed by atoms with van der Waals surface area (Å²) >= 11 is 0. The summed E-state index contributed by atoms with van der Waals surface area (Å²) in [6.07, 6.45) is 5.87. The Hall–Kier alpha value is -1.89. The number of carbonyl (C=O) groups is 3. The fourth-order valence-electron chi connectivity index (χ4n) is 9.28. The minimum atomic E-state index is -0.522. The Kier molecular flexibility index (Phi) is 8.38. The summed E-state index contributed by atoms with van der Waals surface area (Å²) in [7, 11) is 0. The summed E-state index contributed by atoms with van der Waals surface area (Å²) in [6, 6.07) is 0. The van der Waals surface area contributed by atoms with Crippen LogP contribution in [0.3, 0.4) is 0 Å². The molecule has 0 heterocycles. The van der Waals surface area contributed by atoms with Crippen LogP contribution in [0.1, 0.15) is 99.3 Å². The number of aliphatic hydroxyl groups is 2. The van der Waals surface area contributed by atoms with Crippen LogP contribution in [-0.2, 0) is 23.9 Å². The minimum Gasteiger partial charge on any atom is -0.504 e. The highest BCUT2D eigenvalue weighted by molar-refractivity contribution is 5.95. The monoisotopic (exact) mass is 532 g/mol. The molecular weight excluding hydrogens is 484 g/mol. The summed E-state index contributed by atoms with van der Waals surface area (Å²) in [6.45, 7) is 11.9. The molecule has 3 fully saturated rings. The molecule has 38 heavy (non-hydrogen) atoms. The number of Topliss-reactive ketones (excluding diaryl/α,β-unsaturated/α-hetero) is 1. The van der Waals surface area contributed by atoms with Gasteiger partial charge in [0.2, 0.25) is 0 Å². The van der Waals surface area contributed by atoms with Crippen LogP contribution >= 0.6 is 0 Å². The lowest BCUT2D eigenvalue weighted by molar-refractivity contribution is -0.154. The van der Waals surface area contributed by atoms with E-state index in [2.05, 4.69) is 27.7 Å². The van der Waals surface area contributed by atoms with E-state index in [4.69, 9.17) is 9.47 Å². The highest BCUT2D eigenvalue weighted by Gasteiger charge is 2.65. The second-order valence-corrected chi connectivity index (χ2v) is 13.5. The molecule has 0 radical (unpaired) electrons. The van der Waals surface area contributed by atoms with Crippen LogP contribution in [-0.4, -0.2) is 46.7 Å². The number of carbonyl (C=O) groups excluding carboxylic acids is 3. The lowest BCUT2D eigenvalue weighted by Gasteiger charge is -2.59. The SMILES string of the molecule is CC(=O)OCC12CCC(=O)C(O)=C1CCC1C2CCC2(C)C1CC(OC(C)=O)C2C(C)C(O)CCC(C)C. The van der Waals surface area contributed by atoms with Gasteiger partial charge in [-0.2, -0.15) is 0 Å². The molecule has 2 N–H and O–H groups in total. The second-order valence-electron chi connectivity index (χ2n) is 13.5. The first-order chi connectivity index (χ1) is 17.8. The van der Waals surface area contributed by atoms with Crippen molar-refractivity contribution in [2.45, 2.75) is 112 Å². The molecule has 7 heteroatoms. The molecule has 0 aromatic carbocycles. The maximum Gasteiger partial charge on any atom is 0.302 e. The smallest absolute Gasteiger partial charge is 0.302 e. The average molecular weight is 533 g/mol. The third-order valence-electron chi connectivity index (χ3n) is 11.0. The molecule has 4 aliphatic carbocycles. The molecule has 9 atom stereocenters. The number of hydrogen-bond acceptors (Lipinski definition) is 7. The maximum absolute atomic E-state index is 12.5. The van der Waals surface area contributed by atoms with Crippen molar-refractivity contribution in [2.75, 3.05) is 6.61 Å². The number of hydrogen-bond donors (Lipinski definition) is 2. The Morgan fingerprint density at radius 2 is 1.74 bits per heavy atom. The zero-order valence-corrected chi connectivity index (χ0v) is 24.1. The van der Waals surface area contributed by atoms with Crippen molar-refractivity contribution in [2.24, 2.45) is 46.3 Å². The van der Waals surface area contributed by atoms with Gasteiger partial charge in [0.1, 0.15) is 12.7 Å². The molecule has 0 bridgehead atoms. The first kappa shape index (κ1) is 29.1. The van der Waals surface area contributed by atoms with Crippen LogP contribution in [0.25, 0.3) is 0 Å². The first-order valence-electron chi connectivity index (χ1n) is 14.8. The summed E-state index contributed by atoms with van der Waals surface area (Å²) < 4.78 is 11.6. The standard InChI is InChI=1S/C31H48O7/c1-17(2)7-10-25(34)18(3)28-27(38-20(5)33)15-24-21-8-9-23-29(36)26(35)12-14-31(23,16-37-19(4)32)22(21)11-13-30(24,28)6/h17-18,21-22,24-25,27-28,34,36H,7-16H2,1-6H3. The fraction of sp³-hybridized carbons (Fsp3) is 0.839. The number of rotatable bonds is 8. The van der Waals surface area contributed by atoms with Gasteiger partial charge in [0.15, 0.2) is 11.5 Å². The summed E-state index contributed by atoms with van der Waals surface area (Å²) in [5.41, 5.74) is 0.157. The molecule has 0 amide bonds. The Labute approximate surface area is 227 Å². The van der Waals surface area contributed by atoms with Gasteiger partial charge in [-0.15, -0.1) is 0 Å².